The van der Waals surface area contributed by atoms with Gasteiger partial charge in [0.25, 0.3) is 0 Å². The van der Waals surface area contributed by atoms with E-state index in [0.29, 0.717) is 0 Å². The normalized spacial score (nSPS) is 20.2. The van der Waals surface area contributed by atoms with E-state index in [9.17, 15) is 9.90 Å². The standard InChI is InChI=1S/C14H25NO2/c1-11(2)15-8-6-14(10-16,7-9-15)12(17)13(3,4)5/h16H,1,6-10H2,2-5H3. The van der Waals surface area contributed by atoms with Crippen molar-refractivity contribution >= 4 is 5.78 Å². The maximum Gasteiger partial charge on any atom is 0.146 e. The number of aliphatic hydroxyl groups excluding tert-OH is 1. The van der Waals surface area contributed by atoms with Crippen LogP contribution in [-0.4, -0.2) is 35.5 Å². The second kappa shape index (κ2) is 4.81. The summed E-state index contributed by atoms with van der Waals surface area (Å²) in [4.78, 5) is 14.6. The Balaban J connectivity index is 2.81. The van der Waals surface area contributed by atoms with Crippen molar-refractivity contribution < 1.29 is 9.90 Å². The molecule has 1 heterocycles. The maximum atomic E-state index is 12.4. The molecule has 1 fully saturated rings. The Kier molecular flexibility index (Phi) is 4.03. The largest absolute Gasteiger partial charge is 0.395 e. The van der Waals surface area contributed by atoms with Crippen molar-refractivity contribution in [3.05, 3.63) is 12.3 Å². The van der Waals surface area contributed by atoms with Gasteiger partial charge in [0.2, 0.25) is 0 Å². The molecule has 0 saturated carbocycles. The van der Waals surface area contributed by atoms with Gasteiger partial charge in [0, 0.05) is 24.2 Å². The Labute approximate surface area is 105 Å². The van der Waals surface area contributed by atoms with Crippen molar-refractivity contribution in [1.82, 2.24) is 4.90 Å². The maximum absolute atomic E-state index is 12.4. The molecule has 0 aromatic heterocycles. The zero-order valence-corrected chi connectivity index (χ0v) is 11.5. The van der Waals surface area contributed by atoms with Crippen molar-refractivity contribution in [1.29, 1.82) is 0 Å². The first-order valence-electron chi connectivity index (χ1n) is 6.29. The Morgan fingerprint density at radius 2 is 1.82 bits per heavy atom. The zero-order chi connectivity index (χ0) is 13.3. The van der Waals surface area contributed by atoms with Crippen LogP contribution in [0.5, 0.6) is 0 Å². The molecule has 1 aliphatic rings. The number of hydrogen-bond donors (Lipinski definition) is 1. The molecule has 0 unspecified atom stereocenters. The highest BCUT2D eigenvalue weighted by molar-refractivity contribution is 5.89. The SMILES string of the molecule is C=C(C)N1CCC(CO)(C(=O)C(C)(C)C)CC1. The van der Waals surface area contributed by atoms with Crippen molar-refractivity contribution in [2.24, 2.45) is 10.8 Å². The number of allylic oxidation sites excluding steroid dienone is 1. The first kappa shape index (κ1) is 14.2. The molecular formula is C14H25NO2. The summed E-state index contributed by atoms with van der Waals surface area (Å²) < 4.78 is 0. The summed E-state index contributed by atoms with van der Waals surface area (Å²) in [6.07, 6.45) is 1.46. The van der Waals surface area contributed by atoms with Crippen LogP contribution in [0, 0.1) is 10.8 Å². The minimum atomic E-state index is -0.537. The summed E-state index contributed by atoms with van der Waals surface area (Å²) in [6, 6.07) is 0. The number of rotatable bonds is 3. The molecule has 1 rings (SSSR count). The predicted octanol–water partition coefficient (Wildman–Crippen LogP) is 2.21. The quantitative estimate of drug-likeness (QED) is 0.821. The molecular weight excluding hydrogens is 214 g/mol. The minimum Gasteiger partial charge on any atom is -0.395 e. The zero-order valence-electron chi connectivity index (χ0n) is 11.5. The van der Waals surface area contributed by atoms with Gasteiger partial charge < -0.3 is 10.0 Å². The summed E-state index contributed by atoms with van der Waals surface area (Å²) >= 11 is 0. The predicted molar refractivity (Wildman–Crippen MR) is 69.6 cm³/mol. The molecule has 1 saturated heterocycles. The van der Waals surface area contributed by atoms with E-state index < -0.39 is 5.41 Å². The molecule has 1 aliphatic heterocycles. The highest BCUT2D eigenvalue weighted by Crippen LogP contribution is 2.38. The molecule has 0 spiro atoms. The number of ketones is 1. The summed E-state index contributed by atoms with van der Waals surface area (Å²) in [5.74, 6) is 0.189. The minimum absolute atomic E-state index is 0.0346. The molecule has 17 heavy (non-hydrogen) atoms. The summed E-state index contributed by atoms with van der Waals surface area (Å²) in [5, 5.41) is 9.64. The molecule has 1 N–H and O–H groups in total. The van der Waals surface area contributed by atoms with Gasteiger partial charge in [0.1, 0.15) is 5.78 Å². The van der Waals surface area contributed by atoms with E-state index in [2.05, 4.69) is 11.5 Å². The first-order chi connectivity index (χ1) is 7.73. The third-order valence-corrected chi connectivity index (χ3v) is 3.73. The molecule has 0 atom stereocenters. The number of likely N-dealkylation sites (tertiary alicyclic amines) is 1. The van der Waals surface area contributed by atoms with E-state index >= 15 is 0 Å². The van der Waals surface area contributed by atoms with Gasteiger partial charge in [-0.2, -0.15) is 0 Å². The highest BCUT2D eigenvalue weighted by Gasteiger charge is 2.45. The molecule has 98 valence electrons. The van der Waals surface area contributed by atoms with Crippen LogP contribution in [0.4, 0.5) is 0 Å². The van der Waals surface area contributed by atoms with Crippen LogP contribution in [0.1, 0.15) is 40.5 Å². The lowest BCUT2D eigenvalue weighted by atomic mass is 9.67. The lowest BCUT2D eigenvalue weighted by molar-refractivity contribution is -0.142. The van der Waals surface area contributed by atoms with Crippen LogP contribution in [0.25, 0.3) is 0 Å². The van der Waals surface area contributed by atoms with Crippen LogP contribution >= 0.6 is 0 Å². The van der Waals surface area contributed by atoms with Gasteiger partial charge in [-0.1, -0.05) is 27.4 Å². The van der Waals surface area contributed by atoms with E-state index in [1.165, 1.54) is 0 Å². The molecule has 0 aliphatic carbocycles. The number of carbonyl (C=O) groups excluding carboxylic acids is 1. The van der Waals surface area contributed by atoms with Crippen LogP contribution in [0.3, 0.4) is 0 Å². The number of nitrogens with zero attached hydrogens (tertiary/aromatic N) is 1. The molecule has 0 aromatic carbocycles. The van der Waals surface area contributed by atoms with Gasteiger partial charge in [-0.15, -0.1) is 0 Å². The molecule has 0 amide bonds. The van der Waals surface area contributed by atoms with Gasteiger partial charge in [0.15, 0.2) is 0 Å². The van der Waals surface area contributed by atoms with Crippen molar-refractivity contribution in [3.63, 3.8) is 0 Å². The fourth-order valence-corrected chi connectivity index (χ4v) is 2.57. The van der Waals surface area contributed by atoms with Crippen LogP contribution in [0.15, 0.2) is 12.3 Å². The highest BCUT2D eigenvalue weighted by atomic mass is 16.3. The van der Waals surface area contributed by atoms with Crippen molar-refractivity contribution in [2.75, 3.05) is 19.7 Å². The smallest absolute Gasteiger partial charge is 0.146 e. The Morgan fingerprint density at radius 1 is 1.35 bits per heavy atom. The second-order valence-electron chi connectivity index (χ2n) is 6.24. The van der Waals surface area contributed by atoms with E-state index in [-0.39, 0.29) is 17.8 Å². The summed E-state index contributed by atoms with van der Waals surface area (Å²) in [7, 11) is 0. The average Bonchev–Trinajstić information content (AvgIpc) is 2.26. The van der Waals surface area contributed by atoms with Crippen molar-refractivity contribution in [2.45, 2.75) is 40.5 Å². The number of aliphatic hydroxyl groups is 1. The molecule has 0 aromatic rings. The molecule has 0 radical (unpaired) electrons. The third kappa shape index (κ3) is 2.89. The molecule has 0 bridgehead atoms. The van der Waals surface area contributed by atoms with Gasteiger partial charge in [-0.3, -0.25) is 4.79 Å². The summed E-state index contributed by atoms with van der Waals surface area (Å²) in [6.45, 7) is 13.3. The van der Waals surface area contributed by atoms with Gasteiger partial charge >= 0.3 is 0 Å². The Morgan fingerprint density at radius 3 is 2.12 bits per heavy atom. The van der Waals surface area contributed by atoms with Crippen LogP contribution in [-0.2, 0) is 4.79 Å². The van der Waals surface area contributed by atoms with E-state index in [0.717, 1.165) is 31.6 Å². The number of piperidine rings is 1. The first-order valence-corrected chi connectivity index (χ1v) is 6.29. The Bertz CT molecular complexity index is 307. The topological polar surface area (TPSA) is 40.5 Å². The van der Waals surface area contributed by atoms with Gasteiger partial charge in [-0.25, -0.2) is 0 Å². The Hall–Kier alpha value is -0.830. The lowest BCUT2D eigenvalue weighted by Crippen LogP contribution is -2.49. The van der Waals surface area contributed by atoms with Gasteiger partial charge in [0.05, 0.1) is 12.0 Å². The number of hydrogen-bond acceptors (Lipinski definition) is 3. The fraction of sp³-hybridized carbons (Fsp3) is 0.786. The van der Waals surface area contributed by atoms with Crippen LogP contribution < -0.4 is 0 Å². The van der Waals surface area contributed by atoms with E-state index in [4.69, 9.17) is 0 Å². The third-order valence-electron chi connectivity index (χ3n) is 3.73. The lowest BCUT2D eigenvalue weighted by Gasteiger charge is -2.43. The van der Waals surface area contributed by atoms with Gasteiger partial charge in [-0.05, 0) is 19.8 Å². The fourth-order valence-electron chi connectivity index (χ4n) is 2.57. The van der Waals surface area contributed by atoms with E-state index in [1.54, 1.807) is 0 Å². The monoisotopic (exact) mass is 239 g/mol. The average molecular weight is 239 g/mol. The molecule has 3 nitrogen and oxygen atoms in total. The summed E-state index contributed by atoms with van der Waals surface area (Å²) in [5.41, 5.74) is 0.123. The van der Waals surface area contributed by atoms with E-state index in [1.807, 2.05) is 27.7 Å². The van der Waals surface area contributed by atoms with Crippen molar-refractivity contribution in [3.8, 4) is 0 Å². The van der Waals surface area contributed by atoms with Crippen LogP contribution in [0.2, 0.25) is 0 Å². The second-order valence-corrected chi connectivity index (χ2v) is 6.24. The molecule has 3 heteroatoms. The number of carbonyl (C=O) groups is 1. The number of Topliss-reactive ketones (excluding diaryl/α,β-unsaturated/α-hetero) is 1.